The second kappa shape index (κ2) is 6.78. The van der Waals surface area contributed by atoms with E-state index in [9.17, 15) is 4.39 Å². The standard InChI is InChI=1S/C15H21FN2OS/c16-13-1-2-15-12(9-13)10-14(19-15)11-17-3-4-18-5-7-20-8-6-18/h1-2,9,14,17H,3-8,10-11H2. The maximum atomic E-state index is 13.1. The lowest BCUT2D eigenvalue weighted by atomic mass is 10.1. The molecule has 1 unspecified atom stereocenters. The van der Waals surface area contributed by atoms with Crippen LogP contribution in [-0.2, 0) is 6.42 Å². The molecule has 3 rings (SSSR count). The zero-order chi connectivity index (χ0) is 13.8. The summed E-state index contributed by atoms with van der Waals surface area (Å²) in [5, 5.41) is 3.46. The van der Waals surface area contributed by atoms with Crippen LogP contribution < -0.4 is 10.1 Å². The summed E-state index contributed by atoms with van der Waals surface area (Å²) in [4.78, 5) is 2.50. The number of rotatable bonds is 5. The van der Waals surface area contributed by atoms with Gasteiger partial charge in [-0.25, -0.2) is 4.39 Å². The van der Waals surface area contributed by atoms with E-state index in [0.717, 1.165) is 37.4 Å². The molecule has 1 N–H and O–H groups in total. The predicted molar refractivity (Wildman–Crippen MR) is 81.2 cm³/mol. The molecule has 0 bridgehead atoms. The summed E-state index contributed by atoms with van der Waals surface area (Å²) >= 11 is 2.04. The molecule has 20 heavy (non-hydrogen) atoms. The highest BCUT2D eigenvalue weighted by molar-refractivity contribution is 7.99. The van der Waals surface area contributed by atoms with Crippen molar-refractivity contribution in [1.82, 2.24) is 10.2 Å². The smallest absolute Gasteiger partial charge is 0.123 e. The van der Waals surface area contributed by atoms with Crippen molar-refractivity contribution in [1.29, 1.82) is 0 Å². The monoisotopic (exact) mass is 296 g/mol. The van der Waals surface area contributed by atoms with Crippen molar-refractivity contribution in [3.05, 3.63) is 29.6 Å². The molecule has 2 heterocycles. The number of thioether (sulfide) groups is 1. The predicted octanol–water partition coefficient (Wildman–Crippen LogP) is 1.77. The Hall–Kier alpha value is -0.780. The minimum Gasteiger partial charge on any atom is -0.488 e. The molecule has 110 valence electrons. The van der Waals surface area contributed by atoms with Crippen LogP contribution in [0.3, 0.4) is 0 Å². The lowest BCUT2D eigenvalue weighted by Gasteiger charge is -2.26. The van der Waals surface area contributed by atoms with Crippen molar-refractivity contribution < 1.29 is 9.13 Å². The molecule has 1 fully saturated rings. The fourth-order valence-electron chi connectivity index (χ4n) is 2.73. The zero-order valence-corrected chi connectivity index (χ0v) is 12.4. The molecule has 0 spiro atoms. The van der Waals surface area contributed by atoms with Gasteiger partial charge in [-0.2, -0.15) is 11.8 Å². The number of nitrogens with zero attached hydrogens (tertiary/aromatic N) is 1. The van der Waals surface area contributed by atoms with Crippen LogP contribution in [0.5, 0.6) is 5.75 Å². The van der Waals surface area contributed by atoms with Gasteiger partial charge < -0.3 is 15.0 Å². The minimum absolute atomic E-state index is 0.142. The SMILES string of the molecule is Fc1ccc2c(c1)CC(CNCCN1CCSCC1)O2. The molecule has 0 aromatic heterocycles. The van der Waals surface area contributed by atoms with Gasteiger partial charge in [0.05, 0.1) is 0 Å². The number of hydrogen-bond donors (Lipinski definition) is 1. The molecule has 0 saturated carbocycles. The first-order chi connectivity index (χ1) is 9.81. The van der Waals surface area contributed by atoms with Crippen molar-refractivity contribution in [3.8, 4) is 5.75 Å². The van der Waals surface area contributed by atoms with Crippen LogP contribution in [-0.4, -0.2) is 55.2 Å². The molecule has 1 saturated heterocycles. The Balaban J connectivity index is 1.36. The summed E-state index contributed by atoms with van der Waals surface area (Å²) < 4.78 is 18.9. The van der Waals surface area contributed by atoms with Gasteiger partial charge in [0.2, 0.25) is 0 Å². The normalized spacial score (nSPS) is 22.6. The van der Waals surface area contributed by atoms with E-state index in [2.05, 4.69) is 10.2 Å². The highest BCUT2D eigenvalue weighted by Crippen LogP contribution is 2.28. The Morgan fingerprint density at radius 2 is 2.20 bits per heavy atom. The van der Waals surface area contributed by atoms with Gasteiger partial charge in [0.25, 0.3) is 0 Å². The molecule has 1 aromatic rings. The highest BCUT2D eigenvalue weighted by atomic mass is 32.2. The molecular formula is C15H21FN2OS. The van der Waals surface area contributed by atoms with Gasteiger partial charge >= 0.3 is 0 Å². The van der Waals surface area contributed by atoms with Crippen molar-refractivity contribution in [2.45, 2.75) is 12.5 Å². The van der Waals surface area contributed by atoms with E-state index in [1.165, 1.54) is 30.7 Å². The van der Waals surface area contributed by atoms with E-state index in [0.29, 0.717) is 0 Å². The number of halogens is 1. The third kappa shape index (κ3) is 3.65. The Morgan fingerprint density at radius 3 is 3.05 bits per heavy atom. The molecular weight excluding hydrogens is 275 g/mol. The van der Waals surface area contributed by atoms with Crippen LogP contribution in [0.15, 0.2) is 18.2 Å². The van der Waals surface area contributed by atoms with Crippen molar-refractivity contribution in [3.63, 3.8) is 0 Å². The van der Waals surface area contributed by atoms with Gasteiger partial charge in [-0.3, -0.25) is 0 Å². The van der Waals surface area contributed by atoms with E-state index < -0.39 is 0 Å². The van der Waals surface area contributed by atoms with Gasteiger partial charge in [0, 0.05) is 56.2 Å². The minimum atomic E-state index is -0.177. The van der Waals surface area contributed by atoms with E-state index in [1.807, 2.05) is 11.8 Å². The number of ether oxygens (including phenoxy) is 1. The Labute approximate surface area is 123 Å². The molecule has 1 atom stereocenters. The first kappa shape index (κ1) is 14.2. The first-order valence-electron chi connectivity index (χ1n) is 7.27. The Kier molecular flexibility index (Phi) is 4.81. The second-order valence-electron chi connectivity index (χ2n) is 5.35. The van der Waals surface area contributed by atoms with Crippen LogP contribution in [0.25, 0.3) is 0 Å². The molecule has 2 aliphatic heterocycles. The lowest BCUT2D eigenvalue weighted by molar-refractivity contribution is 0.222. The number of benzene rings is 1. The molecule has 0 radical (unpaired) electrons. The number of nitrogens with one attached hydrogen (secondary N) is 1. The van der Waals surface area contributed by atoms with E-state index in [4.69, 9.17) is 4.74 Å². The van der Waals surface area contributed by atoms with E-state index in [-0.39, 0.29) is 11.9 Å². The van der Waals surface area contributed by atoms with Crippen molar-refractivity contribution >= 4 is 11.8 Å². The van der Waals surface area contributed by atoms with Gasteiger partial charge in [-0.05, 0) is 18.2 Å². The summed E-state index contributed by atoms with van der Waals surface area (Å²) in [7, 11) is 0. The van der Waals surface area contributed by atoms with Crippen molar-refractivity contribution in [2.24, 2.45) is 0 Å². The molecule has 0 amide bonds. The molecule has 0 aliphatic carbocycles. The third-order valence-electron chi connectivity index (χ3n) is 3.84. The topological polar surface area (TPSA) is 24.5 Å². The van der Waals surface area contributed by atoms with E-state index in [1.54, 1.807) is 12.1 Å². The van der Waals surface area contributed by atoms with Gasteiger partial charge in [-0.15, -0.1) is 0 Å². The van der Waals surface area contributed by atoms with Crippen LogP contribution in [0.2, 0.25) is 0 Å². The summed E-state index contributed by atoms with van der Waals surface area (Å²) in [6.45, 7) is 5.34. The number of hydrogen-bond acceptors (Lipinski definition) is 4. The molecule has 2 aliphatic rings. The average Bonchev–Trinajstić information content (AvgIpc) is 2.86. The van der Waals surface area contributed by atoms with Gasteiger partial charge in [0.1, 0.15) is 17.7 Å². The third-order valence-corrected chi connectivity index (χ3v) is 4.79. The zero-order valence-electron chi connectivity index (χ0n) is 11.6. The number of fused-ring (bicyclic) bond motifs is 1. The van der Waals surface area contributed by atoms with Gasteiger partial charge in [0.15, 0.2) is 0 Å². The Morgan fingerprint density at radius 1 is 1.35 bits per heavy atom. The summed E-state index contributed by atoms with van der Waals surface area (Å²) in [5.74, 6) is 3.18. The quantitative estimate of drug-likeness (QED) is 0.837. The fraction of sp³-hybridized carbons (Fsp3) is 0.600. The lowest BCUT2D eigenvalue weighted by Crippen LogP contribution is -2.40. The van der Waals surface area contributed by atoms with E-state index >= 15 is 0 Å². The van der Waals surface area contributed by atoms with Gasteiger partial charge in [-0.1, -0.05) is 0 Å². The molecule has 1 aromatic carbocycles. The average molecular weight is 296 g/mol. The molecule has 3 nitrogen and oxygen atoms in total. The van der Waals surface area contributed by atoms with Crippen molar-refractivity contribution in [2.75, 3.05) is 44.2 Å². The first-order valence-corrected chi connectivity index (χ1v) is 8.42. The fourth-order valence-corrected chi connectivity index (χ4v) is 3.71. The largest absolute Gasteiger partial charge is 0.488 e. The Bertz CT molecular complexity index is 451. The van der Waals surface area contributed by atoms with Crippen LogP contribution in [0.4, 0.5) is 4.39 Å². The maximum absolute atomic E-state index is 13.1. The molecule has 5 heteroatoms. The maximum Gasteiger partial charge on any atom is 0.123 e. The second-order valence-corrected chi connectivity index (χ2v) is 6.58. The summed E-state index contributed by atoms with van der Waals surface area (Å²) in [5.41, 5.74) is 0.991. The summed E-state index contributed by atoms with van der Waals surface area (Å²) in [6.07, 6.45) is 0.948. The highest BCUT2D eigenvalue weighted by Gasteiger charge is 2.22. The van der Waals surface area contributed by atoms with Crippen LogP contribution in [0, 0.1) is 5.82 Å². The van der Waals surface area contributed by atoms with Crippen LogP contribution in [0.1, 0.15) is 5.56 Å². The summed E-state index contributed by atoms with van der Waals surface area (Å²) in [6, 6.07) is 4.78. The van der Waals surface area contributed by atoms with Crippen LogP contribution >= 0.6 is 11.8 Å².